The maximum atomic E-state index is 12.9. The molecular formula is C30H28N2O3. The van der Waals surface area contributed by atoms with Gasteiger partial charge in [0.25, 0.3) is 0 Å². The highest BCUT2D eigenvalue weighted by molar-refractivity contribution is 5.88. The molecule has 5 nitrogen and oxygen atoms in total. The predicted octanol–water partition coefficient (Wildman–Crippen LogP) is 3.02. The first-order valence-electron chi connectivity index (χ1n) is 12.0. The van der Waals surface area contributed by atoms with Crippen molar-refractivity contribution in [3.8, 4) is 11.8 Å². The maximum absolute atomic E-state index is 12.9. The quantitative estimate of drug-likeness (QED) is 0.591. The second-order valence-corrected chi connectivity index (χ2v) is 9.17. The minimum atomic E-state index is -0.256. The fourth-order valence-corrected chi connectivity index (χ4v) is 5.20. The van der Waals surface area contributed by atoms with E-state index in [2.05, 4.69) is 24.0 Å². The second kappa shape index (κ2) is 10.2. The Labute approximate surface area is 206 Å². The molecule has 0 aliphatic carbocycles. The Balaban J connectivity index is 1.28. The number of carbonyl (C=O) groups excluding carboxylic acids is 2. The minimum absolute atomic E-state index is 0.0115. The van der Waals surface area contributed by atoms with Crippen LogP contribution in [-0.2, 0) is 22.4 Å². The number of hydrogen-bond donors (Lipinski definition) is 1. The van der Waals surface area contributed by atoms with E-state index in [1.807, 2.05) is 72.8 Å². The average molecular weight is 465 g/mol. The lowest BCUT2D eigenvalue weighted by molar-refractivity contribution is -0.166. The third kappa shape index (κ3) is 4.84. The number of fused-ring (bicyclic) bond motifs is 1. The molecule has 2 aliphatic heterocycles. The van der Waals surface area contributed by atoms with Crippen LogP contribution in [0, 0.1) is 11.8 Å². The van der Waals surface area contributed by atoms with Crippen molar-refractivity contribution in [1.29, 1.82) is 0 Å². The van der Waals surface area contributed by atoms with E-state index >= 15 is 0 Å². The molecule has 0 bridgehead atoms. The highest BCUT2D eigenvalue weighted by Crippen LogP contribution is 2.43. The first-order valence-corrected chi connectivity index (χ1v) is 12.0. The third-order valence-electron chi connectivity index (χ3n) is 6.97. The summed E-state index contributed by atoms with van der Waals surface area (Å²) < 4.78 is 0. The molecule has 0 unspecified atom stereocenters. The Kier molecular flexibility index (Phi) is 6.65. The Bertz CT molecular complexity index is 1250. The molecule has 3 atom stereocenters. The van der Waals surface area contributed by atoms with Crippen molar-refractivity contribution in [2.75, 3.05) is 19.7 Å². The largest absolute Gasteiger partial charge is 0.394 e. The number of amides is 2. The topological polar surface area (TPSA) is 60.9 Å². The minimum Gasteiger partial charge on any atom is -0.394 e. The molecule has 1 N–H and O–H groups in total. The Morgan fingerprint density at radius 3 is 2.23 bits per heavy atom. The highest BCUT2D eigenvalue weighted by Gasteiger charge is 2.54. The summed E-state index contributed by atoms with van der Waals surface area (Å²) in [6.45, 7) is 0.460. The van der Waals surface area contributed by atoms with E-state index < -0.39 is 0 Å². The van der Waals surface area contributed by atoms with Gasteiger partial charge in [0, 0.05) is 24.4 Å². The SMILES string of the molecule is O=C(Cc1ccccc1)N1CC(=O)N2[C@@H](CO)[C@@H](c3ccc(C#CCc4ccccc4)cc3)[C@@H]2C1. The smallest absolute Gasteiger partial charge is 0.242 e. The Morgan fingerprint density at radius 2 is 1.57 bits per heavy atom. The Hall–Kier alpha value is -3.88. The summed E-state index contributed by atoms with van der Waals surface area (Å²) in [5.74, 6) is 6.28. The van der Waals surface area contributed by atoms with Crippen molar-refractivity contribution in [3.63, 3.8) is 0 Å². The van der Waals surface area contributed by atoms with Crippen molar-refractivity contribution in [3.05, 3.63) is 107 Å². The molecular weight excluding hydrogens is 436 g/mol. The molecule has 0 radical (unpaired) electrons. The van der Waals surface area contributed by atoms with E-state index in [0.717, 1.165) is 16.7 Å². The molecule has 3 aromatic carbocycles. The van der Waals surface area contributed by atoms with E-state index in [0.29, 0.717) is 13.0 Å². The van der Waals surface area contributed by atoms with Gasteiger partial charge >= 0.3 is 0 Å². The number of carbonyl (C=O) groups is 2. The molecule has 0 spiro atoms. The van der Waals surface area contributed by atoms with Gasteiger partial charge in [0.05, 0.1) is 31.7 Å². The zero-order chi connectivity index (χ0) is 24.2. The molecule has 3 aromatic rings. The van der Waals surface area contributed by atoms with Crippen LogP contribution in [0.15, 0.2) is 84.9 Å². The van der Waals surface area contributed by atoms with Gasteiger partial charge in [0.15, 0.2) is 0 Å². The molecule has 2 aliphatic rings. The van der Waals surface area contributed by atoms with Crippen LogP contribution in [0.4, 0.5) is 0 Å². The molecule has 5 rings (SSSR count). The second-order valence-electron chi connectivity index (χ2n) is 9.17. The van der Waals surface area contributed by atoms with Gasteiger partial charge in [0.1, 0.15) is 0 Å². The van der Waals surface area contributed by atoms with E-state index in [9.17, 15) is 14.7 Å². The van der Waals surface area contributed by atoms with Gasteiger partial charge in [0.2, 0.25) is 11.8 Å². The Morgan fingerprint density at radius 1 is 0.914 bits per heavy atom. The van der Waals surface area contributed by atoms with Gasteiger partial charge in [-0.2, -0.15) is 0 Å². The van der Waals surface area contributed by atoms with Crippen LogP contribution in [0.1, 0.15) is 28.2 Å². The summed E-state index contributed by atoms with van der Waals surface area (Å²) in [6, 6.07) is 27.4. The highest BCUT2D eigenvalue weighted by atomic mass is 16.3. The van der Waals surface area contributed by atoms with Crippen molar-refractivity contribution in [2.24, 2.45) is 0 Å². The van der Waals surface area contributed by atoms with Crippen LogP contribution in [0.5, 0.6) is 0 Å². The standard InChI is InChI=1S/C30H28N2O3/c33-21-27-30(25-16-14-23(15-17-25)13-7-12-22-8-3-1-4-9-22)26-19-31(20-29(35)32(26)27)28(34)18-24-10-5-2-6-11-24/h1-6,8-11,14-17,26-27,30,33H,12,18-21H2/t26-,27-,30-/m0/s1. The molecule has 0 aromatic heterocycles. The molecule has 5 heteroatoms. The number of rotatable bonds is 5. The summed E-state index contributed by atoms with van der Waals surface area (Å²) in [5.41, 5.74) is 4.12. The van der Waals surface area contributed by atoms with Gasteiger partial charge in [-0.1, -0.05) is 84.6 Å². The zero-order valence-electron chi connectivity index (χ0n) is 19.5. The van der Waals surface area contributed by atoms with Crippen LogP contribution < -0.4 is 0 Å². The molecule has 0 saturated carbocycles. The fourth-order valence-electron chi connectivity index (χ4n) is 5.20. The lowest BCUT2D eigenvalue weighted by Gasteiger charge is -2.58. The predicted molar refractivity (Wildman–Crippen MR) is 134 cm³/mol. The van der Waals surface area contributed by atoms with Crippen molar-refractivity contribution in [1.82, 2.24) is 9.80 Å². The summed E-state index contributed by atoms with van der Waals surface area (Å²) in [7, 11) is 0. The van der Waals surface area contributed by atoms with Gasteiger partial charge < -0.3 is 14.9 Å². The van der Waals surface area contributed by atoms with E-state index in [4.69, 9.17) is 0 Å². The zero-order valence-corrected chi connectivity index (χ0v) is 19.5. The number of hydrogen-bond acceptors (Lipinski definition) is 3. The summed E-state index contributed by atoms with van der Waals surface area (Å²) in [6.07, 6.45) is 0.981. The molecule has 2 heterocycles. The number of benzene rings is 3. The molecule has 2 amide bonds. The maximum Gasteiger partial charge on any atom is 0.242 e. The third-order valence-corrected chi connectivity index (χ3v) is 6.97. The number of nitrogens with zero attached hydrogens (tertiary/aromatic N) is 2. The number of aliphatic hydroxyl groups excluding tert-OH is 1. The van der Waals surface area contributed by atoms with Gasteiger partial charge in [-0.3, -0.25) is 9.59 Å². The first-order chi connectivity index (χ1) is 17.1. The number of piperazine rings is 1. The van der Waals surface area contributed by atoms with Crippen molar-refractivity contribution < 1.29 is 14.7 Å². The number of aliphatic hydroxyl groups is 1. The van der Waals surface area contributed by atoms with Crippen LogP contribution in [0.2, 0.25) is 0 Å². The summed E-state index contributed by atoms with van der Waals surface area (Å²) >= 11 is 0. The lowest BCUT2D eigenvalue weighted by atomic mass is 9.73. The van der Waals surface area contributed by atoms with Crippen LogP contribution in [0.25, 0.3) is 0 Å². The fraction of sp³-hybridized carbons (Fsp3) is 0.267. The van der Waals surface area contributed by atoms with Gasteiger partial charge in [-0.25, -0.2) is 0 Å². The van der Waals surface area contributed by atoms with Crippen LogP contribution in [0.3, 0.4) is 0 Å². The van der Waals surface area contributed by atoms with E-state index in [-0.39, 0.29) is 49.4 Å². The van der Waals surface area contributed by atoms with Crippen LogP contribution >= 0.6 is 0 Å². The van der Waals surface area contributed by atoms with E-state index in [1.165, 1.54) is 5.56 Å². The molecule has 35 heavy (non-hydrogen) atoms. The molecule has 2 fully saturated rings. The van der Waals surface area contributed by atoms with Crippen molar-refractivity contribution in [2.45, 2.75) is 30.8 Å². The van der Waals surface area contributed by atoms with Crippen LogP contribution in [-0.4, -0.2) is 58.5 Å². The monoisotopic (exact) mass is 464 g/mol. The first kappa shape index (κ1) is 22.9. The van der Waals surface area contributed by atoms with Gasteiger partial charge in [-0.05, 0) is 28.8 Å². The van der Waals surface area contributed by atoms with Gasteiger partial charge in [-0.15, -0.1) is 0 Å². The summed E-state index contributed by atoms with van der Waals surface area (Å²) in [5, 5.41) is 10.0. The molecule has 2 saturated heterocycles. The summed E-state index contributed by atoms with van der Waals surface area (Å²) in [4.78, 5) is 29.2. The average Bonchev–Trinajstić information content (AvgIpc) is 2.87. The van der Waals surface area contributed by atoms with E-state index in [1.54, 1.807) is 9.80 Å². The molecule has 176 valence electrons. The normalized spacial score (nSPS) is 20.9. The lowest BCUT2D eigenvalue weighted by Crippen LogP contribution is -2.73. The van der Waals surface area contributed by atoms with Crippen molar-refractivity contribution >= 4 is 11.8 Å².